The van der Waals surface area contributed by atoms with Gasteiger partial charge in [-0.25, -0.2) is 18.7 Å². The summed E-state index contributed by atoms with van der Waals surface area (Å²) in [6.07, 6.45) is 3.57. The van der Waals surface area contributed by atoms with E-state index in [2.05, 4.69) is 9.97 Å². The van der Waals surface area contributed by atoms with E-state index in [1.165, 1.54) is 17.0 Å². The Kier molecular flexibility index (Phi) is 4.62. The molecule has 3 aromatic heterocycles. The average molecular weight is 395 g/mol. The zero-order valence-electron chi connectivity index (χ0n) is 16.2. The summed E-state index contributed by atoms with van der Waals surface area (Å²) in [4.78, 5) is 23.1. The summed E-state index contributed by atoms with van der Waals surface area (Å²) in [6.45, 7) is 2.00. The number of benzene rings is 1. The molecule has 0 unspecified atom stereocenters. The highest BCUT2D eigenvalue weighted by molar-refractivity contribution is 5.99. The molecule has 0 bridgehead atoms. The molecule has 0 aliphatic rings. The third kappa shape index (κ3) is 3.37. The first kappa shape index (κ1) is 18.8. The van der Waals surface area contributed by atoms with E-state index in [1.54, 1.807) is 36.2 Å². The van der Waals surface area contributed by atoms with Crippen molar-refractivity contribution in [3.8, 4) is 11.5 Å². The first-order valence-corrected chi connectivity index (χ1v) is 9.02. The van der Waals surface area contributed by atoms with Crippen LogP contribution in [-0.4, -0.2) is 43.8 Å². The summed E-state index contributed by atoms with van der Waals surface area (Å²) >= 11 is 0. The molecular formula is C21H19F2N5O. The Morgan fingerprint density at radius 2 is 1.93 bits per heavy atom. The molecule has 0 N–H and O–H groups in total. The number of nitrogens with zero attached hydrogens (tertiary/aromatic N) is 5. The van der Waals surface area contributed by atoms with Gasteiger partial charge in [-0.1, -0.05) is 12.1 Å². The van der Waals surface area contributed by atoms with Gasteiger partial charge in [0, 0.05) is 38.1 Å². The van der Waals surface area contributed by atoms with Crippen LogP contribution in [0.1, 0.15) is 21.9 Å². The molecule has 0 aliphatic heterocycles. The molecule has 0 fully saturated rings. The monoisotopic (exact) mass is 395 g/mol. The van der Waals surface area contributed by atoms with Gasteiger partial charge in [-0.2, -0.15) is 0 Å². The van der Waals surface area contributed by atoms with Crippen LogP contribution in [0, 0.1) is 18.6 Å². The van der Waals surface area contributed by atoms with Gasteiger partial charge in [0.15, 0.2) is 11.5 Å². The number of hydrogen-bond donors (Lipinski definition) is 0. The maximum Gasteiger partial charge on any atom is 0.274 e. The Balaban J connectivity index is 1.78. The second-order valence-corrected chi connectivity index (χ2v) is 6.98. The molecule has 0 saturated carbocycles. The molecule has 4 rings (SSSR count). The van der Waals surface area contributed by atoms with Crippen molar-refractivity contribution in [1.82, 2.24) is 23.8 Å². The van der Waals surface area contributed by atoms with Crippen LogP contribution in [0.3, 0.4) is 0 Å². The standard InChI is InChI=1S/C21H19F2N5O/c1-13-24-17(12-27(13)11-14-7-8-15(22)10-16(14)23)20-25-19(21(29)26(2)3)18-6-4-5-9-28(18)20/h4-10,12H,11H2,1-3H3. The fourth-order valence-electron chi connectivity index (χ4n) is 3.20. The third-order valence-corrected chi connectivity index (χ3v) is 4.72. The van der Waals surface area contributed by atoms with Crippen molar-refractivity contribution in [2.24, 2.45) is 0 Å². The average Bonchev–Trinajstić information content (AvgIpc) is 3.24. The topological polar surface area (TPSA) is 55.4 Å². The number of imidazole rings is 2. The number of carbonyl (C=O) groups excluding carboxylic acids is 1. The highest BCUT2D eigenvalue weighted by Gasteiger charge is 2.21. The number of pyridine rings is 1. The van der Waals surface area contributed by atoms with E-state index < -0.39 is 11.6 Å². The van der Waals surface area contributed by atoms with Gasteiger partial charge in [0.2, 0.25) is 0 Å². The highest BCUT2D eigenvalue weighted by Crippen LogP contribution is 2.24. The Morgan fingerprint density at radius 1 is 1.14 bits per heavy atom. The first-order chi connectivity index (χ1) is 13.8. The van der Waals surface area contributed by atoms with Crippen LogP contribution in [0.4, 0.5) is 8.78 Å². The molecule has 0 aliphatic carbocycles. The number of aryl methyl sites for hydroxylation is 1. The summed E-state index contributed by atoms with van der Waals surface area (Å²) in [7, 11) is 3.35. The van der Waals surface area contributed by atoms with Crippen LogP contribution in [0.2, 0.25) is 0 Å². The molecule has 29 heavy (non-hydrogen) atoms. The molecular weight excluding hydrogens is 376 g/mol. The van der Waals surface area contributed by atoms with E-state index in [4.69, 9.17) is 0 Å². The highest BCUT2D eigenvalue weighted by atomic mass is 19.1. The Bertz CT molecular complexity index is 1230. The van der Waals surface area contributed by atoms with Crippen molar-refractivity contribution >= 4 is 11.4 Å². The number of fused-ring (bicyclic) bond motifs is 1. The summed E-state index contributed by atoms with van der Waals surface area (Å²) < 4.78 is 30.8. The van der Waals surface area contributed by atoms with Gasteiger partial charge >= 0.3 is 0 Å². The zero-order chi connectivity index (χ0) is 20.7. The predicted octanol–water partition coefficient (Wildman–Crippen LogP) is 3.53. The number of hydrogen-bond acceptors (Lipinski definition) is 3. The SMILES string of the molecule is Cc1nc(-c2nc(C(=O)N(C)C)c3ccccn23)cn1Cc1ccc(F)cc1F. The van der Waals surface area contributed by atoms with Gasteiger partial charge in [0.1, 0.15) is 23.2 Å². The summed E-state index contributed by atoms with van der Waals surface area (Å²) in [5.74, 6) is -0.255. The van der Waals surface area contributed by atoms with Crippen molar-refractivity contribution in [2.45, 2.75) is 13.5 Å². The van der Waals surface area contributed by atoms with E-state index in [1.807, 2.05) is 24.4 Å². The van der Waals surface area contributed by atoms with Gasteiger partial charge in [0.05, 0.1) is 12.1 Å². The molecule has 148 valence electrons. The Morgan fingerprint density at radius 3 is 2.66 bits per heavy atom. The third-order valence-electron chi connectivity index (χ3n) is 4.72. The first-order valence-electron chi connectivity index (χ1n) is 9.02. The molecule has 4 aromatic rings. The minimum Gasteiger partial charge on any atom is -0.343 e. The molecule has 1 aromatic carbocycles. The van der Waals surface area contributed by atoms with Crippen molar-refractivity contribution in [3.63, 3.8) is 0 Å². The summed E-state index contributed by atoms with van der Waals surface area (Å²) in [5, 5.41) is 0. The molecule has 0 saturated heterocycles. The van der Waals surface area contributed by atoms with Crippen LogP contribution in [0.5, 0.6) is 0 Å². The minimum atomic E-state index is -0.615. The number of amides is 1. The number of aromatic nitrogens is 4. The molecule has 3 heterocycles. The summed E-state index contributed by atoms with van der Waals surface area (Å²) in [5.41, 5.74) is 1.93. The van der Waals surface area contributed by atoms with E-state index in [0.717, 1.165) is 6.07 Å². The molecule has 0 atom stereocenters. The lowest BCUT2D eigenvalue weighted by molar-refractivity contribution is 0.0824. The van der Waals surface area contributed by atoms with Crippen molar-refractivity contribution in [1.29, 1.82) is 0 Å². The van der Waals surface area contributed by atoms with Crippen LogP contribution in [0.15, 0.2) is 48.8 Å². The van der Waals surface area contributed by atoms with E-state index in [-0.39, 0.29) is 12.5 Å². The van der Waals surface area contributed by atoms with Crippen molar-refractivity contribution in [3.05, 3.63) is 77.5 Å². The number of carbonyl (C=O) groups is 1. The zero-order valence-corrected chi connectivity index (χ0v) is 16.2. The van der Waals surface area contributed by atoms with E-state index in [0.29, 0.717) is 34.1 Å². The lowest BCUT2D eigenvalue weighted by Crippen LogP contribution is -2.22. The van der Waals surface area contributed by atoms with E-state index >= 15 is 0 Å². The molecule has 6 nitrogen and oxygen atoms in total. The van der Waals surface area contributed by atoms with Crippen LogP contribution < -0.4 is 0 Å². The van der Waals surface area contributed by atoms with Gasteiger partial charge in [-0.3, -0.25) is 9.20 Å². The fourth-order valence-corrected chi connectivity index (χ4v) is 3.20. The number of rotatable bonds is 4. The van der Waals surface area contributed by atoms with Gasteiger partial charge in [-0.15, -0.1) is 0 Å². The van der Waals surface area contributed by atoms with E-state index in [9.17, 15) is 13.6 Å². The lowest BCUT2D eigenvalue weighted by atomic mass is 10.2. The maximum atomic E-state index is 14.0. The second kappa shape index (κ2) is 7.12. The van der Waals surface area contributed by atoms with Crippen LogP contribution in [-0.2, 0) is 6.54 Å². The molecule has 0 spiro atoms. The minimum absolute atomic E-state index is 0.204. The van der Waals surface area contributed by atoms with Crippen molar-refractivity contribution in [2.75, 3.05) is 14.1 Å². The molecule has 0 radical (unpaired) electrons. The molecule has 8 heteroatoms. The van der Waals surface area contributed by atoms with Gasteiger partial charge in [0.25, 0.3) is 5.91 Å². The number of halogens is 2. The Labute approximate surface area is 166 Å². The normalized spacial score (nSPS) is 11.2. The van der Waals surface area contributed by atoms with Gasteiger partial charge < -0.3 is 9.47 Å². The summed E-state index contributed by atoms with van der Waals surface area (Å²) in [6, 6.07) is 9.03. The van der Waals surface area contributed by atoms with Crippen LogP contribution in [0.25, 0.3) is 17.0 Å². The van der Waals surface area contributed by atoms with Crippen molar-refractivity contribution < 1.29 is 13.6 Å². The second-order valence-electron chi connectivity index (χ2n) is 6.98. The predicted molar refractivity (Wildman–Crippen MR) is 105 cm³/mol. The quantitative estimate of drug-likeness (QED) is 0.531. The molecule has 1 amide bonds. The fraction of sp³-hybridized carbons (Fsp3) is 0.190. The lowest BCUT2D eigenvalue weighted by Gasteiger charge is -2.07. The maximum absolute atomic E-state index is 14.0. The van der Waals surface area contributed by atoms with Gasteiger partial charge in [-0.05, 0) is 25.1 Å². The Hall–Kier alpha value is -3.55. The smallest absolute Gasteiger partial charge is 0.274 e. The van der Waals surface area contributed by atoms with Crippen LogP contribution >= 0.6 is 0 Å². The largest absolute Gasteiger partial charge is 0.343 e.